The van der Waals surface area contributed by atoms with Gasteiger partial charge in [0.1, 0.15) is 12.8 Å². The minimum Gasteiger partial charge on any atom is -0.399 e. The molecule has 2 rings (SSSR count). The standard InChI is InChI=1S/C10H11NO2/c1-12-11-10-7-13-6-8-4-2-3-5-9(8)10/h2-5H,6-7H2,1H3. The molecule has 0 unspecified atom stereocenters. The van der Waals surface area contributed by atoms with Gasteiger partial charge >= 0.3 is 0 Å². The van der Waals surface area contributed by atoms with Gasteiger partial charge in [-0.05, 0) is 5.56 Å². The lowest BCUT2D eigenvalue weighted by atomic mass is 10.0. The molecule has 3 heteroatoms. The van der Waals surface area contributed by atoms with E-state index in [1.807, 2.05) is 24.3 Å². The Morgan fingerprint density at radius 3 is 3.00 bits per heavy atom. The van der Waals surface area contributed by atoms with E-state index in [1.165, 1.54) is 5.56 Å². The van der Waals surface area contributed by atoms with Crippen LogP contribution in [0.5, 0.6) is 0 Å². The number of hydrogen-bond acceptors (Lipinski definition) is 3. The molecule has 0 aliphatic carbocycles. The molecule has 1 aliphatic heterocycles. The summed E-state index contributed by atoms with van der Waals surface area (Å²) in [5.41, 5.74) is 3.17. The SMILES string of the molecule is CON=C1COCc2ccccc21. The highest BCUT2D eigenvalue weighted by molar-refractivity contribution is 6.03. The molecule has 1 aromatic rings. The van der Waals surface area contributed by atoms with Crippen molar-refractivity contribution in [3.05, 3.63) is 35.4 Å². The van der Waals surface area contributed by atoms with Crippen LogP contribution in [-0.2, 0) is 16.2 Å². The van der Waals surface area contributed by atoms with E-state index in [0.29, 0.717) is 13.2 Å². The van der Waals surface area contributed by atoms with Gasteiger partial charge in [-0.25, -0.2) is 0 Å². The molecule has 0 bridgehead atoms. The summed E-state index contributed by atoms with van der Waals surface area (Å²) in [4.78, 5) is 4.75. The molecule has 0 radical (unpaired) electrons. The first-order chi connectivity index (χ1) is 6.42. The highest BCUT2D eigenvalue weighted by Crippen LogP contribution is 2.16. The first kappa shape index (κ1) is 8.26. The van der Waals surface area contributed by atoms with E-state index >= 15 is 0 Å². The van der Waals surface area contributed by atoms with Crippen molar-refractivity contribution in [3.8, 4) is 0 Å². The third-order valence-electron chi connectivity index (χ3n) is 2.03. The van der Waals surface area contributed by atoms with Crippen molar-refractivity contribution in [1.29, 1.82) is 0 Å². The second kappa shape index (κ2) is 3.58. The van der Waals surface area contributed by atoms with Crippen molar-refractivity contribution in [2.24, 2.45) is 5.16 Å². The number of rotatable bonds is 1. The molecule has 0 fully saturated rings. The monoisotopic (exact) mass is 177 g/mol. The van der Waals surface area contributed by atoms with E-state index in [2.05, 4.69) is 5.16 Å². The van der Waals surface area contributed by atoms with Crippen molar-refractivity contribution in [2.75, 3.05) is 13.7 Å². The second-order valence-electron chi connectivity index (χ2n) is 2.87. The van der Waals surface area contributed by atoms with Gasteiger partial charge in [-0.15, -0.1) is 0 Å². The third-order valence-corrected chi connectivity index (χ3v) is 2.03. The summed E-state index contributed by atoms with van der Waals surface area (Å²) in [6.45, 7) is 1.20. The Morgan fingerprint density at radius 1 is 1.31 bits per heavy atom. The second-order valence-corrected chi connectivity index (χ2v) is 2.87. The lowest BCUT2D eigenvalue weighted by molar-refractivity contribution is 0.144. The Kier molecular flexibility index (Phi) is 2.27. The highest BCUT2D eigenvalue weighted by atomic mass is 16.6. The zero-order valence-corrected chi connectivity index (χ0v) is 7.49. The van der Waals surface area contributed by atoms with Gasteiger partial charge in [0, 0.05) is 5.56 Å². The van der Waals surface area contributed by atoms with Crippen molar-refractivity contribution in [1.82, 2.24) is 0 Å². The van der Waals surface area contributed by atoms with Crippen LogP contribution < -0.4 is 0 Å². The highest BCUT2D eigenvalue weighted by Gasteiger charge is 2.15. The maximum atomic E-state index is 5.35. The van der Waals surface area contributed by atoms with Crippen molar-refractivity contribution >= 4 is 5.71 Å². The molecule has 0 spiro atoms. The number of benzene rings is 1. The van der Waals surface area contributed by atoms with Crippen molar-refractivity contribution < 1.29 is 9.57 Å². The van der Waals surface area contributed by atoms with Gasteiger partial charge in [0.15, 0.2) is 0 Å². The normalized spacial score (nSPS) is 18.4. The summed E-state index contributed by atoms with van der Waals surface area (Å²) in [6, 6.07) is 8.07. The Hall–Kier alpha value is -1.35. The molecule has 0 atom stereocenters. The number of hydrogen-bond donors (Lipinski definition) is 0. The fourth-order valence-corrected chi connectivity index (χ4v) is 1.45. The Balaban J connectivity index is 2.42. The van der Waals surface area contributed by atoms with Gasteiger partial charge in [0.05, 0.1) is 13.2 Å². The first-order valence-corrected chi connectivity index (χ1v) is 4.18. The fraction of sp³-hybridized carbons (Fsp3) is 0.300. The van der Waals surface area contributed by atoms with Gasteiger partial charge in [-0.3, -0.25) is 0 Å². The molecular weight excluding hydrogens is 166 g/mol. The molecule has 0 aromatic heterocycles. The zero-order chi connectivity index (χ0) is 9.10. The van der Waals surface area contributed by atoms with Crippen LogP contribution in [0, 0.1) is 0 Å². The molecule has 0 amide bonds. The van der Waals surface area contributed by atoms with Gasteiger partial charge in [0.2, 0.25) is 0 Å². The Morgan fingerprint density at radius 2 is 2.15 bits per heavy atom. The van der Waals surface area contributed by atoms with Gasteiger partial charge in [-0.2, -0.15) is 0 Å². The fourth-order valence-electron chi connectivity index (χ4n) is 1.45. The average molecular weight is 177 g/mol. The molecule has 13 heavy (non-hydrogen) atoms. The summed E-state index contributed by atoms with van der Waals surface area (Å²) in [5.74, 6) is 0. The van der Waals surface area contributed by atoms with E-state index in [0.717, 1.165) is 11.3 Å². The topological polar surface area (TPSA) is 30.8 Å². The van der Waals surface area contributed by atoms with E-state index in [1.54, 1.807) is 7.11 Å². The summed E-state index contributed by atoms with van der Waals surface area (Å²) >= 11 is 0. The Bertz CT molecular complexity index is 333. The lowest BCUT2D eigenvalue weighted by Gasteiger charge is -2.17. The molecule has 0 N–H and O–H groups in total. The predicted octanol–water partition coefficient (Wildman–Crippen LogP) is 1.57. The van der Waals surface area contributed by atoms with Crippen LogP contribution in [0.2, 0.25) is 0 Å². The summed E-state index contributed by atoms with van der Waals surface area (Å²) in [6.07, 6.45) is 0. The number of nitrogens with zero attached hydrogens (tertiary/aromatic N) is 1. The molecule has 3 nitrogen and oxygen atoms in total. The van der Waals surface area contributed by atoms with Crippen LogP contribution in [0.4, 0.5) is 0 Å². The van der Waals surface area contributed by atoms with Crippen molar-refractivity contribution in [3.63, 3.8) is 0 Å². The molecule has 0 saturated heterocycles. The minimum atomic E-state index is 0.533. The molecule has 0 saturated carbocycles. The van der Waals surface area contributed by atoms with E-state index in [-0.39, 0.29) is 0 Å². The van der Waals surface area contributed by atoms with E-state index in [4.69, 9.17) is 9.57 Å². The number of oxime groups is 1. The predicted molar refractivity (Wildman–Crippen MR) is 49.6 cm³/mol. The van der Waals surface area contributed by atoms with E-state index in [9.17, 15) is 0 Å². The zero-order valence-electron chi connectivity index (χ0n) is 7.49. The van der Waals surface area contributed by atoms with Crippen LogP contribution >= 0.6 is 0 Å². The molecule has 1 aliphatic rings. The minimum absolute atomic E-state index is 0.533. The maximum absolute atomic E-state index is 5.35. The van der Waals surface area contributed by atoms with Crippen LogP contribution in [-0.4, -0.2) is 19.4 Å². The summed E-state index contributed by atoms with van der Waals surface area (Å²) in [7, 11) is 1.55. The molecule has 68 valence electrons. The number of fused-ring (bicyclic) bond motifs is 1. The summed E-state index contributed by atoms with van der Waals surface area (Å²) in [5, 5.41) is 3.92. The first-order valence-electron chi connectivity index (χ1n) is 4.18. The quantitative estimate of drug-likeness (QED) is 0.609. The van der Waals surface area contributed by atoms with Crippen LogP contribution in [0.25, 0.3) is 0 Å². The van der Waals surface area contributed by atoms with Crippen LogP contribution in [0.3, 0.4) is 0 Å². The largest absolute Gasteiger partial charge is 0.399 e. The van der Waals surface area contributed by atoms with Gasteiger partial charge in [-0.1, -0.05) is 29.4 Å². The van der Waals surface area contributed by atoms with E-state index < -0.39 is 0 Å². The molecule has 1 aromatic carbocycles. The lowest BCUT2D eigenvalue weighted by Crippen LogP contribution is -2.19. The number of ether oxygens (including phenoxy) is 1. The maximum Gasteiger partial charge on any atom is 0.113 e. The van der Waals surface area contributed by atoms with Crippen LogP contribution in [0.1, 0.15) is 11.1 Å². The third kappa shape index (κ3) is 1.55. The molecular formula is C10H11NO2. The average Bonchev–Trinajstić information content (AvgIpc) is 2.19. The van der Waals surface area contributed by atoms with Gasteiger partial charge < -0.3 is 9.57 Å². The summed E-state index contributed by atoms with van der Waals surface area (Å²) < 4.78 is 5.35. The smallest absolute Gasteiger partial charge is 0.113 e. The van der Waals surface area contributed by atoms with Gasteiger partial charge in [0.25, 0.3) is 0 Å². The van der Waals surface area contributed by atoms with Crippen molar-refractivity contribution in [2.45, 2.75) is 6.61 Å². The Labute approximate surface area is 77.0 Å². The van der Waals surface area contributed by atoms with Crippen LogP contribution in [0.15, 0.2) is 29.4 Å². The molecule has 1 heterocycles.